The monoisotopic (exact) mass is 389 g/mol. The molecule has 0 aliphatic heterocycles. The number of fused-ring (bicyclic) bond motifs is 5. The maximum Gasteiger partial charge on any atom is 0.267 e. The van der Waals surface area contributed by atoms with E-state index in [2.05, 4.69) is 15.9 Å². The molecule has 0 aliphatic rings. The van der Waals surface area contributed by atoms with Crippen molar-refractivity contribution in [2.45, 2.75) is 0 Å². The first kappa shape index (κ1) is 14.4. The van der Waals surface area contributed by atoms with Crippen molar-refractivity contribution < 1.29 is 0 Å². The molecule has 0 amide bonds. The van der Waals surface area contributed by atoms with Gasteiger partial charge in [-0.2, -0.15) is 0 Å². The molecule has 25 heavy (non-hydrogen) atoms. The SMILES string of the molecule is O=c1c2ccccc2n2c3cc(Br)ccc3nc2n1-c1ccccc1. The molecule has 0 radical (unpaired) electrons. The van der Waals surface area contributed by atoms with E-state index in [4.69, 9.17) is 4.98 Å². The van der Waals surface area contributed by atoms with Crippen molar-refractivity contribution in [2.75, 3.05) is 0 Å². The van der Waals surface area contributed by atoms with Gasteiger partial charge in [0.15, 0.2) is 0 Å². The second-order valence-corrected chi connectivity index (χ2v) is 6.79. The summed E-state index contributed by atoms with van der Waals surface area (Å²) in [5.74, 6) is 0.614. The molecule has 2 aromatic heterocycles. The Kier molecular flexibility index (Phi) is 3.05. The van der Waals surface area contributed by atoms with Crippen LogP contribution in [0.1, 0.15) is 0 Å². The minimum Gasteiger partial charge on any atom is -0.277 e. The van der Waals surface area contributed by atoms with E-state index >= 15 is 0 Å². The normalized spacial score (nSPS) is 11.6. The summed E-state index contributed by atoms with van der Waals surface area (Å²) < 4.78 is 4.70. The summed E-state index contributed by atoms with van der Waals surface area (Å²) in [6.07, 6.45) is 0. The molecule has 0 aliphatic carbocycles. The number of hydrogen-bond acceptors (Lipinski definition) is 2. The molecule has 0 N–H and O–H groups in total. The lowest BCUT2D eigenvalue weighted by molar-refractivity contribution is 0.983. The molecule has 3 aromatic carbocycles. The first-order valence-corrected chi connectivity index (χ1v) is 8.70. The van der Waals surface area contributed by atoms with Gasteiger partial charge >= 0.3 is 0 Å². The average molecular weight is 390 g/mol. The van der Waals surface area contributed by atoms with Gasteiger partial charge in [0, 0.05) is 4.47 Å². The minimum absolute atomic E-state index is 0.0660. The smallest absolute Gasteiger partial charge is 0.267 e. The molecule has 0 spiro atoms. The molecule has 0 bridgehead atoms. The summed E-state index contributed by atoms with van der Waals surface area (Å²) in [5, 5.41) is 0.665. The number of rotatable bonds is 1. The van der Waals surface area contributed by atoms with Gasteiger partial charge < -0.3 is 0 Å². The zero-order valence-electron chi connectivity index (χ0n) is 13.1. The lowest BCUT2D eigenvalue weighted by atomic mass is 10.2. The quantitative estimate of drug-likeness (QED) is 0.421. The van der Waals surface area contributed by atoms with Gasteiger partial charge in [0.1, 0.15) is 0 Å². The highest BCUT2D eigenvalue weighted by molar-refractivity contribution is 9.10. The molecular weight excluding hydrogens is 378 g/mol. The first-order valence-electron chi connectivity index (χ1n) is 7.91. The molecule has 4 nitrogen and oxygen atoms in total. The van der Waals surface area contributed by atoms with Crippen LogP contribution in [0.15, 0.2) is 82.1 Å². The molecule has 0 saturated heterocycles. The van der Waals surface area contributed by atoms with E-state index < -0.39 is 0 Å². The van der Waals surface area contributed by atoms with E-state index in [-0.39, 0.29) is 5.56 Å². The summed E-state index contributed by atoms with van der Waals surface area (Å²) in [6, 6.07) is 23.2. The molecule has 120 valence electrons. The van der Waals surface area contributed by atoms with E-state index in [0.29, 0.717) is 11.2 Å². The summed E-state index contributed by atoms with van der Waals surface area (Å²) >= 11 is 3.54. The van der Waals surface area contributed by atoms with Crippen molar-refractivity contribution in [3.05, 3.63) is 87.6 Å². The van der Waals surface area contributed by atoms with Crippen LogP contribution in [0, 0.1) is 0 Å². The lowest BCUT2D eigenvalue weighted by Crippen LogP contribution is -2.21. The van der Waals surface area contributed by atoms with Crippen molar-refractivity contribution in [3.63, 3.8) is 0 Å². The standard InChI is InChI=1S/C20H12BrN3O/c21-13-10-11-16-18(12-13)24-17-9-5-4-8-15(17)19(25)23(20(24)22-16)14-6-2-1-3-7-14/h1-12H. The van der Waals surface area contributed by atoms with Gasteiger partial charge in [-0.05, 0) is 42.5 Å². The molecular formula is C20H12BrN3O. The van der Waals surface area contributed by atoms with Crippen LogP contribution in [-0.2, 0) is 0 Å². The van der Waals surface area contributed by atoms with Gasteiger partial charge in [0.05, 0.1) is 27.6 Å². The van der Waals surface area contributed by atoms with E-state index in [0.717, 1.165) is 26.7 Å². The summed E-state index contributed by atoms with van der Waals surface area (Å²) in [7, 11) is 0. The van der Waals surface area contributed by atoms with Crippen LogP contribution in [0.3, 0.4) is 0 Å². The number of para-hydroxylation sites is 2. The van der Waals surface area contributed by atoms with Gasteiger partial charge in [0.25, 0.3) is 5.56 Å². The van der Waals surface area contributed by atoms with Crippen LogP contribution >= 0.6 is 15.9 Å². The first-order chi connectivity index (χ1) is 12.2. The molecule has 5 heteroatoms. The fourth-order valence-corrected chi connectivity index (χ4v) is 3.64. The number of imidazole rings is 1. The van der Waals surface area contributed by atoms with Gasteiger partial charge in [0.2, 0.25) is 5.78 Å². The van der Waals surface area contributed by atoms with E-state index in [1.54, 1.807) is 4.57 Å². The molecule has 0 atom stereocenters. The van der Waals surface area contributed by atoms with Gasteiger partial charge in [-0.15, -0.1) is 0 Å². The Morgan fingerprint density at radius 2 is 1.60 bits per heavy atom. The molecule has 2 heterocycles. The maximum absolute atomic E-state index is 13.2. The average Bonchev–Trinajstić information content (AvgIpc) is 3.01. The molecule has 0 fully saturated rings. The van der Waals surface area contributed by atoms with E-state index in [1.165, 1.54) is 0 Å². The van der Waals surface area contributed by atoms with E-state index in [1.807, 2.05) is 77.2 Å². The Morgan fingerprint density at radius 1 is 0.840 bits per heavy atom. The van der Waals surface area contributed by atoms with Crippen LogP contribution in [0.5, 0.6) is 0 Å². The number of nitrogens with zero attached hydrogens (tertiary/aromatic N) is 3. The topological polar surface area (TPSA) is 39.3 Å². The minimum atomic E-state index is -0.0660. The second-order valence-electron chi connectivity index (χ2n) is 5.87. The summed E-state index contributed by atoms with van der Waals surface area (Å²) in [6.45, 7) is 0. The van der Waals surface area contributed by atoms with E-state index in [9.17, 15) is 4.79 Å². The third-order valence-corrected chi connectivity index (χ3v) is 4.88. The third-order valence-electron chi connectivity index (χ3n) is 4.39. The number of halogens is 1. The Morgan fingerprint density at radius 3 is 2.44 bits per heavy atom. The zero-order chi connectivity index (χ0) is 17.0. The summed E-state index contributed by atoms with van der Waals surface area (Å²) in [4.78, 5) is 17.9. The highest BCUT2D eigenvalue weighted by Gasteiger charge is 2.16. The highest BCUT2D eigenvalue weighted by Crippen LogP contribution is 2.25. The highest BCUT2D eigenvalue weighted by atomic mass is 79.9. The van der Waals surface area contributed by atoms with Crippen LogP contribution in [-0.4, -0.2) is 14.0 Å². The number of benzene rings is 3. The van der Waals surface area contributed by atoms with Crippen molar-refractivity contribution >= 4 is 43.6 Å². The van der Waals surface area contributed by atoms with Crippen LogP contribution in [0.4, 0.5) is 0 Å². The van der Waals surface area contributed by atoms with Crippen molar-refractivity contribution in [2.24, 2.45) is 0 Å². The predicted octanol–water partition coefficient (Wildman–Crippen LogP) is 4.55. The largest absolute Gasteiger partial charge is 0.277 e. The van der Waals surface area contributed by atoms with Gasteiger partial charge in [-0.25, -0.2) is 9.55 Å². The summed E-state index contributed by atoms with van der Waals surface area (Å²) in [5.41, 5.74) is 3.41. The molecule has 5 aromatic rings. The van der Waals surface area contributed by atoms with Crippen molar-refractivity contribution in [1.29, 1.82) is 0 Å². The maximum atomic E-state index is 13.2. The van der Waals surface area contributed by atoms with Crippen molar-refractivity contribution in [1.82, 2.24) is 14.0 Å². The second kappa shape index (κ2) is 5.29. The van der Waals surface area contributed by atoms with Crippen molar-refractivity contribution in [3.8, 4) is 5.69 Å². The van der Waals surface area contributed by atoms with Gasteiger partial charge in [-0.1, -0.05) is 46.3 Å². The Hall–Kier alpha value is -2.92. The number of aromatic nitrogens is 3. The number of hydrogen-bond donors (Lipinski definition) is 0. The van der Waals surface area contributed by atoms with Crippen LogP contribution in [0.25, 0.3) is 33.4 Å². The molecule has 0 saturated carbocycles. The van der Waals surface area contributed by atoms with Crippen LogP contribution < -0.4 is 5.56 Å². The molecule has 0 unspecified atom stereocenters. The third kappa shape index (κ3) is 2.06. The Labute approximate surface area is 151 Å². The lowest BCUT2D eigenvalue weighted by Gasteiger charge is -2.11. The Balaban J connectivity index is 2.11. The fraction of sp³-hybridized carbons (Fsp3) is 0. The molecule has 5 rings (SSSR count). The van der Waals surface area contributed by atoms with Gasteiger partial charge in [-0.3, -0.25) is 9.20 Å². The Bertz CT molecular complexity index is 1320. The fourth-order valence-electron chi connectivity index (χ4n) is 3.29. The predicted molar refractivity (Wildman–Crippen MR) is 104 cm³/mol. The van der Waals surface area contributed by atoms with Crippen LogP contribution in [0.2, 0.25) is 0 Å². The zero-order valence-corrected chi connectivity index (χ0v) is 14.6.